The van der Waals surface area contributed by atoms with E-state index in [1.165, 1.54) is 18.2 Å². The molecule has 0 aliphatic carbocycles. The number of halogens is 1. The number of aromatic hydroxyl groups is 1. The molecule has 0 aliphatic heterocycles. The second-order valence-corrected chi connectivity index (χ2v) is 4.18. The number of pyridine rings is 1. The number of benzene rings is 2. The maximum Gasteiger partial charge on any atom is 0.125 e. The Kier molecular flexibility index (Phi) is 3.09. The van der Waals surface area contributed by atoms with Crippen LogP contribution in [0.1, 0.15) is 0 Å². The molecule has 0 radical (unpaired) electrons. The molecule has 20 heavy (non-hydrogen) atoms. The highest BCUT2D eigenvalue weighted by Gasteiger charge is 2.05. The third-order valence-electron chi connectivity index (χ3n) is 2.81. The van der Waals surface area contributed by atoms with Crippen LogP contribution in [0.15, 0.2) is 65.0 Å². The molecule has 0 aliphatic rings. The van der Waals surface area contributed by atoms with E-state index in [2.05, 4.69) is 15.2 Å². The van der Waals surface area contributed by atoms with E-state index in [9.17, 15) is 9.50 Å². The summed E-state index contributed by atoms with van der Waals surface area (Å²) < 4.78 is 13.1. The summed E-state index contributed by atoms with van der Waals surface area (Å²) in [5, 5.41) is 18.4. The number of hydrogen-bond donors (Lipinski definition) is 1. The van der Waals surface area contributed by atoms with Crippen molar-refractivity contribution in [2.24, 2.45) is 10.2 Å². The summed E-state index contributed by atoms with van der Waals surface area (Å²) >= 11 is 0. The molecule has 0 atom stereocenters. The molecule has 1 N–H and O–H groups in total. The van der Waals surface area contributed by atoms with E-state index in [1.54, 1.807) is 36.5 Å². The van der Waals surface area contributed by atoms with Crippen molar-refractivity contribution in [1.82, 2.24) is 4.98 Å². The van der Waals surface area contributed by atoms with Gasteiger partial charge in [0.15, 0.2) is 0 Å². The van der Waals surface area contributed by atoms with Gasteiger partial charge in [0.2, 0.25) is 0 Å². The Morgan fingerprint density at radius 3 is 2.75 bits per heavy atom. The fourth-order valence-corrected chi connectivity index (χ4v) is 1.87. The smallest absolute Gasteiger partial charge is 0.125 e. The molecule has 98 valence electrons. The monoisotopic (exact) mass is 267 g/mol. The molecule has 0 unspecified atom stereocenters. The molecule has 3 rings (SSSR count). The zero-order chi connectivity index (χ0) is 13.9. The first-order valence-electron chi connectivity index (χ1n) is 5.98. The van der Waals surface area contributed by atoms with Crippen molar-refractivity contribution in [3.05, 3.63) is 60.5 Å². The van der Waals surface area contributed by atoms with Crippen molar-refractivity contribution in [1.29, 1.82) is 0 Å². The minimum absolute atomic E-state index is 0.137. The Morgan fingerprint density at radius 2 is 1.90 bits per heavy atom. The van der Waals surface area contributed by atoms with Crippen LogP contribution in [-0.2, 0) is 0 Å². The topological polar surface area (TPSA) is 57.8 Å². The van der Waals surface area contributed by atoms with Gasteiger partial charge in [-0.1, -0.05) is 6.07 Å². The summed E-state index contributed by atoms with van der Waals surface area (Å²) in [5.41, 5.74) is 1.48. The fourth-order valence-electron chi connectivity index (χ4n) is 1.87. The van der Waals surface area contributed by atoms with Crippen LogP contribution in [0, 0.1) is 5.82 Å². The highest BCUT2D eigenvalue weighted by atomic mass is 19.1. The van der Waals surface area contributed by atoms with Gasteiger partial charge in [0.05, 0.1) is 5.69 Å². The number of fused-ring (bicyclic) bond motifs is 1. The number of aromatic nitrogens is 1. The zero-order valence-electron chi connectivity index (χ0n) is 10.4. The van der Waals surface area contributed by atoms with E-state index < -0.39 is 0 Å². The number of azo groups is 1. The molecule has 3 aromatic rings. The van der Waals surface area contributed by atoms with Gasteiger partial charge in [0.1, 0.15) is 22.8 Å². The summed E-state index contributed by atoms with van der Waals surface area (Å²) in [4.78, 5) is 4.18. The van der Waals surface area contributed by atoms with E-state index >= 15 is 0 Å². The van der Waals surface area contributed by atoms with Gasteiger partial charge in [-0.25, -0.2) is 4.39 Å². The van der Waals surface area contributed by atoms with Gasteiger partial charge in [0.25, 0.3) is 0 Å². The van der Waals surface area contributed by atoms with Crippen molar-refractivity contribution in [2.45, 2.75) is 0 Å². The third kappa shape index (κ3) is 2.33. The standard InChI is InChI=1S/C15H10FN3O/c16-10-3-1-4-11(9-10)18-19-13-6-7-14(20)12-5-2-8-17-15(12)13/h1-9,20H. The summed E-state index contributed by atoms with van der Waals surface area (Å²) in [6, 6.07) is 12.5. The van der Waals surface area contributed by atoms with Crippen LogP contribution in [0.5, 0.6) is 5.75 Å². The minimum atomic E-state index is -0.366. The lowest BCUT2D eigenvalue weighted by molar-refractivity contribution is 0.481. The van der Waals surface area contributed by atoms with Crippen LogP contribution in [0.25, 0.3) is 10.9 Å². The molecule has 0 spiro atoms. The van der Waals surface area contributed by atoms with Gasteiger partial charge in [0, 0.05) is 17.6 Å². The molecule has 4 nitrogen and oxygen atoms in total. The Labute approximate surface area is 114 Å². The zero-order valence-corrected chi connectivity index (χ0v) is 10.4. The van der Waals surface area contributed by atoms with Crippen molar-refractivity contribution < 1.29 is 9.50 Å². The molecule has 0 saturated carbocycles. The van der Waals surface area contributed by atoms with Crippen molar-refractivity contribution in [3.8, 4) is 5.75 Å². The summed E-state index contributed by atoms with van der Waals surface area (Å²) in [7, 11) is 0. The Bertz CT molecular complexity index is 802. The lowest BCUT2D eigenvalue weighted by Gasteiger charge is -2.02. The van der Waals surface area contributed by atoms with Crippen LogP contribution >= 0.6 is 0 Å². The maximum absolute atomic E-state index is 13.1. The Morgan fingerprint density at radius 1 is 1.00 bits per heavy atom. The van der Waals surface area contributed by atoms with Crippen LogP contribution in [0.3, 0.4) is 0 Å². The number of phenols is 1. The molecular formula is C15H10FN3O. The van der Waals surface area contributed by atoms with Crippen LogP contribution in [0.4, 0.5) is 15.8 Å². The first kappa shape index (κ1) is 12.2. The predicted molar refractivity (Wildman–Crippen MR) is 74.0 cm³/mol. The van der Waals surface area contributed by atoms with Gasteiger partial charge < -0.3 is 5.11 Å². The Balaban J connectivity index is 2.05. The summed E-state index contributed by atoms with van der Waals surface area (Å²) in [6.45, 7) is 0. The first-order valence-corrected chi connectivity index (χ1v) is 5.98. The van der Waals surface area contributed by atoms with Crippen LogP contribution in [0.2, 0.25) is 0 Å². The SMILES string of the molecule is Oc1ccc(N=Nc2cccc(F)c2)c2ncccc12. The summed E-state index contributed by atoms with van der Waals surface area (Å²) in [5.74, 6) is -0.229. The van der Waals surface area contributed by atoms with Gasteiger partial charge in [-0.15, -0.1) is 5.11 Å². The minimum Gasteiger partial charge on any atom is -0.507 e. The highest BCUT2D eigenvalue weighted by molar-refractivity contribution is 5.93. The van der Waals surface area contributed by atoms with Crippen LogP contribution in [-0.4, -0.2) is 10.1 Å². The molecular weight excluding hydrogens is 257 g/mol. The average Bonchev–Trinajstić information content (AvgIpc) is 2.47. The normalized spacial score (nSPS) is 11.2. The molecule has 1 aromatic heterocycles. The van der Waals surface area contributed by atoms with Gasteiger partial charge in [-0.3, -0.25) is 4.98 Å². The van der Waals surface area contributed by atoms with Crippen molar-refractivity contribution >= 4 is 22.3 Å². The van der Waals surface area contributed by atoms with Gasteiger partial charge in [-0.05, 0) is 36.4 Å². The van der Waals surface area contributed by atoms with Crippen LogP contribution < -0.4 is 0 Å². The van der Waals surface area contributed by atoms with Crippen molar-refractivity contribution in [3.63, 3.8) is 0 Å². The largest absolute Gasteiger partial charge is 0.507 e. The quantitative estimate of drug-likeness (QED) is 0.695. The fraction of sp³-hybridized carbons (Fsp3) is 0. The second kappa shape index (κ2) is 5.05. The second-order valence-electron chi connectivity index (χ2n) is 4.18. The predicted octanol–water partition coefficient (Wildman–Crippen LogP) is 4.49. The number of rotatable bonds is 2. The molecule has 2 aromatic carbocycles. The molecule has 0 saturated heterocycles. The van der Waals surface area contributed by atoms with Gasteiger partial charge >= 0.3 is 0 Å². The maximum atomic E-state index is 13.1. The summed E-state index contributed by atoms with van der Waals surface area (Å²) in [6.07, 6.45) is 1.61. The molecule has 0 bridgehead atoms. The third-order valence-corrected chi connectivity index (χ3v) is 2.81. The number of phenolic OH excluding ortho intramolecular Hbond substituents is 1. The number of nitrogens with zero attached hydrogens (tertiary/aromatic N) is 3. The number of hydrogen-bond acceptors (Lipinski definition) is 4. The van der Waals surface area contributed by atoms with Gasteiger partial charge in [-0.2, -0.15) is 5.11 Å². The average molecular weight is 267 g/mol. The highest BCUT2D eigenvalue weighted by Crippen LogP contribution is 2.31. The lowest BCUT2D eigenvalue weighted by atomic mass is 10.2. The lowest BCUT2D eigenvalue weighted by Crippen LogP contribution is -1.79. The molecule has 5 heteroatoms. The van der Waals surface area contributed by atoms with E-state index in [0.717, 1.165) is 0 Å². The molecule has 0 amide bonds. The van der Waals surface area contributed by atoms with Crippen molar-refractivity contribution in [2.75, 3.05) is 0 Å². The first-order chi connectivity index (χ1) is 9.74. The van der Waals surface area contributed by atoms with E-state index in [-0.39, 0.29) is 11.6 Å². The van der Waals surface area contributed by atoms with E-state index in [1.807, 2.05) is 0 Å². The van der Waals surface area contributed by atoms with E-state index in [4.69, 9.17) is 0 Å². The van der Waals surface area contributed by atoms with E-state index in [0.29, 0.717) is 22.3 Å². The Hall–Kier alpha value is -2.82. The molecule has 0 fully saturated rings. The molecule has 1 heterocycles.